The van der Waals surface area contributed by atoms with Crippen LogP contribution in [0.5, 0.6) is 0 Å². The van der Waals surface area contributed by atoms with Crippen molar-refractivity contribution < 1.29 is 9.63 Å². The second-order valence-electron chi connectivity index (χ2n) is 14.4. The molecule has 178 valence electrons. The molecule has 4 saturated carbocycles. The first-order chi connectivity index (χ1) is 15.0. The summed E-state index contributed by atoms with van der Waals surface area (Å²) >= 11 is 0. The van der Waals surface area contributed by atoms with Gasteiger partial charge in [0.2, 0.25) is 0 Å². The van der Waals surface area contributed by atoms with Crippen molar-refractivity contribution in [3.05, 3.63) is 17.5 Å². The number of aromatic nitrogens is 1. The summed E-state index contributed by atoms with van der Waals surface area (Å²) in [5, 5.41) is 14.8. The zero-order chi connectivity index (χ0) is 22.8. The van der Waals surface area contributed by atoms with Crippen molar-refractivity contribution in [3.8, 4) is 0 Å². The number of aliphatic hydroxyl groups excluding tert-OH is 1. The highest BCUT2D eigenvalue weighted by molar-refractivity contribution is 5.33. The molecule has 4 fully saturated rings. The van der Waals surface area contributed by atoms with Gasteiger partial charge in [0.25, 0.3) is 0 Å². The van der Waals surface area contributed by atoms with Gasteiger partial charge in [-0.25, -0.2) is 0 Å². The molecule has 0 saturated heterocycles. The molecule has 1 heterocycles. The molecule has 5 aliphatic carbocycles. The molecular weight excluding hydrogens is 394 g/mol. The Hall–Kier alpha value is -0.830. The molecule has 0 amide bonds. The van der Waals surface area contributed by atoms with Crippen LogP contribution < -0.4 is 0 Å². The molecule has 1 aromatic heterocycles. The van der Waals surface area contributed by atoms with Crippen molar-refractivity contribution in [3.63, 3.8) is 0 Å². The van der Waals surface area contributed by atoms with Crippen LogP contribution in [0.3, 0.4) is 0 Å². The number of aliphatic hydroxyl groups is 1. The van der Waals surface area contributed by atoms with E-state index in [1.807, 2.05) is 6.20 Å². The maximum Gasteiger partial charge on any atom is 0.145 e. The quantitative estimate of drug-likeness (QED) is 0.516. The minimum absolute atomic E-state index is 0.0614. The molecule has 0 spiro atoms. The van der Waals surface area contributed by atoms with E-state index in [9.17, 15) is 5.11 Å². The molecule has 1 unspecified atom stereocenters. The zero-order valence-electron chi connectivity index (χ0n) is 21.4. The number of rotatable bonds is 1. The number of nitrogens with zero attached hydrogens (tertiary/aromatic N) is 1. The summed E-state index contributed by atoms with van der Waals surface area (Å²) in [6.07, 6.45) is 15.0. The lowest BCUT2D eigenvalue weighted by atomic mass is 9.29. The van der Waals surface area contributed by atoms with Crippen molar-refractivity contribution in [1.82, 2.24) is 5.16 Å². The van der Waals surface area contributed by atoms with Crippen LogP contribution in [0.15, 0.2) is 10.7 Å². The molecule has 32 heavy (non-hydrogen) atoms. The van der Waals surface area contributed by atoms with Gasteiger partial charge in [-0.1, -0.05) is 53.1 Å². The van der Waals surface area contributed by atoms with Crippen LogP contribution in [0.25, 0.3) is 0 Å². The van der Waals surface area contributed by atoms with Crippen LogP contribution in [-0.2, 0) is 11.8 Å². The van der Waals surface area contributed by atoms with E-state index in [0.717, 1.165) is 18.1 Å². The number of fused-ring (bicyclic) bond motifs is 8. The zero-order valence-corrected chi connectivity index (χ0v) is 21.4. The highest BCUT2D eigenvalue weighted by atomic mass is 16.5. The molecule has 0 aromatic carbocycles. The fourth-order valence-corrected chi connectivity index (χ4v) is 11.8. The SMILES string of the molecule is CC1(C)c2oncc2C[C@]2(C)[C@H]3CCC4(C)[C@H]5CCC[C@]5(CO)CC[C@@]4(C)[C@]3(C)CC[C@@H]12. The van der Waals surface area contributed by atoms with Gasteiger partial charge in [-0.2, -0.15) is 0 Å². The standard InChI is InChI=1S/C29H45NO2/c1-24(2)20-9-12-26(4)21(25(20,3)16-19-17-30-32-23(19)24)10-13-27(5)22-8-7-11-29(22,18-31)15-14-28(26,27)6/h17,20-22,31H,7-16,18H2,1-6H3/t20-,21+,22+,25-,26+,27?,28-,29+/m0/s1. The third-order valence-electron chi connectivity index (χ3n) is 13.6. The second kappa shape index (κ2) is 6.23. The molecule has 8 atom stereocenters. The third-order valence-corrected chi connectivity index (χ3v) is 13.6. The average molecular weight is 440 g/mol. The van der Waals surface area contributed by atoms with Crippen molar-refractivity contribution in [2.24, 2.45) is 44.8 Å². The Morgan fingerprint density at radius 1 is 0.875 bits per heavy atom. The van der Waals surface area contributed by atoms with E-state index in [1.165, 1.54) is 63.4 Å². The maximum atomic E-state index is 10.5. The smallest absolute Gasteiger partial charge is 0.145 e. The monoisotopic (exact) mass is 439 g/mol. The Bertz CT molecular complexity index is 935. The predicted octanol–water partition coefficient (Wildman–Crippen LogP) is 6.93. The lowest BCUT2D eigenvalue weighted by molar-refractivity contribution is -0.263. The minimum Gasteiger partial charge on any atom is -0.396 e. The first kappa shape index (κ1) is 21.7. The lowest BCUT2D eigenvalue weighted by Gasteiger charge is -2.75. The fourth-order valence-electron chi connectivity index (χ4n) is 11.8. The molecule has 3 nitrogen and oxygen atoms in total. The Balaban J connectivity index is 1.45. The normalized spacial score (nSPS) is 53.5. The number of hydrogen-bond acceptors (Lipinski definition) is 3. The van der Waals surface area contributed by atoms with Gasteiger partial charge in [-0.3, -0.25) is 0 Å². The van der Waals surface area contributed by atoms with E-state index in [1.54, 1.807) is 0 Å². The Morgan fingerprint density at radius 3 is 2.28 bits per heavy atom. The van der Waals surface area contributed by atoms with Crippen molar-refractivity contribution in [1.29, 1.82) is 0 Å². The topological polar surface area (TPSA) is 46.3 Å². The summed E-state index contributed by atoms with van der Waals surface area (Å²) in [5.74, 6) is 3.27. The van der Waals surface area contributed by atoms with Crippen LogP contribution in [0.4, 0.5) is 0 Å². The van der Waals surface area contributed by atoms with E-state index in [2.05, 4.69) is 46.7 Å². The molecule has 5 aliphatic rings. The highest BCUT2D eigenvalue weighted by Crippen LogP contribution is 2.80. The van der Waals surface area contributed by atoms with Crippen LogP contribution in [-0.4, -0.2) is 16.9 Å². The summed E-state index contributed by atoms with van der Waals surface area (Å²) in [5.41, 5.74) is 3.01. The van der Waals surface area contributed by atoms with Gasteiger partial charge in [-0.05, 0) is 103 Å². The van der Waals surface area contributed by atoms with Crippen LogP contribution in [0.2, 0.25) is 0 Å². The molecule has 0 aliphatic heterocycles. The number of hydrogen-bond donors (Lipinski definition) is 1. The Morgan fingerprint density at radius 2 is 1.56 bits per heavy atom. The molecular formula is C29H45NO2. The lowest BCUT2D eigenvalue weighted by Crippen LogP contribution is -2.69. The summed E-state index contributed by atoms with van der Waals surface area (Å²) < 4.78 is 5.85. The first-order valence-corrected chi connectivity index (χ1v) is 13.5. The summed E-state index contributed by atoms with van der Waals surface area (Å²) in [4.78, 5) is 0. The molecule has 3 heteroatoms. The fraction of sp³-hybridized carbons (Fsp3) is 0.897. The largest absolute Gasteiger partial charge is 0.396 e. The van der Waals surface area contributed by atoms with Gasteiger partial charge >= 0.3 is 0 Å². The van der Waals surface area contributed by atoms with Gasteiger partial charge in [0, 0.05) is 17.6 Å². The van der Waals surface area contributed by atoms with Crippen LogP contribution in [0.1, 0.15) is 111 Å². The average Bonchev–Trinajstić information content (AvgIpc) is 3.37. The van der Waals surface area contributed by atoms with Crippen LogP contribution in [0, 0.1) is 44.8 Å². The van der Waals surface area contributed by atoms with E-state index < -0.39 is 0 Å². The maximum absolute atomic E-state index is 10.5. The summed E-state index contributed by atoms with van der Waals surface area (Å²) in [6.45, 7) is 15.9. The highest BCUT2D eigenvalue weighted by Gasteiger charge is 2.73. The molecule has 1 N–H and O–H groups in total. The van der Waals surface area contributed by atoms with Gasteiger partial charge in [0.1, 0.15) is 5.76 Å². The van der Waals surface area contributed by atoms with Gasteiger partial charge in [0.15, 0.2) is 0 Å². The van der Waals surface area contributed by atoms with Crippen molar-refractivity contribution >= 4 is 0 Å². The summed E-state index contributed by atoms with van der Waals surface area (Å²) in [7, 11) is 0. The molecule has 6 rings (SSSR count). The van der Waals surface area contributed by atoms with Crippen molar-refractivity contribution in [2.75, 3.05) is 6.61 Å². The second-order valence-corrected chi connectivity index (χ2v) is 14.4. The van der Waals surface area contributed by atoms with Gasteiger partial charge < -0.3 is 9.63 Å². The van der Waals surface area contributed by atoms with E-state index >= 15 is 0 Å². The molecule has 0 bridgehead atoms. The van der Waals surface area contributed by atoms with Gasteiger partial charge in [0.05, 0.1) is 6.20 Å². The van der Waals surface area contributed by atoms with Gasteiger partial charge in [-0.15, -0.1) is 0 Å². The first-order valence-electron chi connectivity index (χ1n) is 13.5. The molecule has 0 radical (unpaired) electrons. The summed E-state index contributed by atoms with van der Waals surface area (Å²) in [6, 6.07) is 0. The van der Waals surface area contributed by atoms with Crippen molar-refractivity contribution in [2.45, 2.75) is 111 Å². The van der Waals surface area contributed by atoms with Crippen LogP contribution >= 0.6 is 0 Å². The van der Waals surface area contributed by atoms with E-state index in [0.29, 0.717) is 40.1 Å². The Labute approximate surface area is 195 Å². The third kappa shape index (κ3) is 2.17. The van der Waals surface area contributed by atoms with E-state index in [4.69, 9.17) is 4.52 Å². The predicted molar refractivity (Wildman–Crippen MR) is 127 cm³/mol. The minimum atomic E-state index is 0.0614. The molecule has 1 aromatic rings. The Kier molecular flexibility index (Phi) is 4.22. The van der Waals surface area contributed by atoms with E-state index in [-0.39, 0.29) is 10.8 Å².